The maximum Gasteiger partial charge on any atom is 0.0236 e. The number of hydrogen-bond donors (Lipinski definition) is 1. The molecular formula is C21H32N2. The molecule has 2 aliphatic heterocycles. The Morgan fingerprint density at radius 3 is 2.48 bits per heavy atom. The first-order valence-electron chi connectivity index (χ1n) is 9.86. The summed E-state index contributed by atoms with van der Waals surface area (Å²) >= 11 is 0. The molecule has 2 nitrogen and oxygen atoms in total. The number of likely N-dealkylation sites (N-methyl/N-ethyl adjacent to an activating group) is 1. The maximum absolute atomic E-state index is 3.60. The third kappa shape index (κ3) is 2.64. The van der Waals surface area contributed by atoms with Gasteiger partial charge in [-0.1, -0.05) is 44.0 Å². The summed E-state index contributed by atoms with van der Waals surface area (Å²) in [5.74, 6) is 1.77. The molecule has 2 fully saturated rings. The largest absolute Gasteiger partial charge is 0.317 e. The van der Waals surface area contributed by atoms with Gasteiger partial charge in [0.25, 0.3) is 0 Å². The molecule has 2 heteroatoms. The average Bonchev–Trinajstić information content (AvgIpc) is 3.16. The highest BCUT2D eigenvalue weighted by atomic mass is 15.1. The first kappa shape index (κ1) is 15.7. The van der Waals surface area contributed by atoms with Crippen LogP contribution in [0.5, 0.6) is 0 Å². The van der Waals surface area contributed by atoms with E-state index in [1.807, 2.05) is 0 Å². The minimum atomic E-state index is 0.420. The van der Waals surface area contributed by atoms with Crippen molar-refractivity contribution in [3.63, 3.8) is 0 Å². The van der Waals surface area contributed by atoms with E-state index in [9.17, 15) is 0 Å². The van der Waals surface area contributed by atoms with Gasteiger partial charge in [0, 0.05) is 18.5 Å². The lowest BCUT2D eigenvalue weighted by molar-refractivity contribution is 0.0631. The average molecular weight is 313 g/mol. The molecule has 1 aromatic rings. The topological polar surface area (TPSA) is 15.3 Å². The second-order valence-electron chi connectivity index (χ2n) is 8.01. The van der Waals surface area contributed by atoms with Crippen molar-refractivity contribution in [1.29, 1.82) is 0 Å². The Hall–Kier alpha value is -0.860. The van der Waals surface area contributed by atoms with Crippen LogP contribution in [-0.2, 0) is 12.0 Å². The number of piperidine rings is 1. The second-order valence-corrected chi connectivity index (χ2v) is 8.01. The van der Waals surface area contributed by atoms with E-state index in [0.717, 1.165) is 18.4 Å². The molecule has 1 aliphatic carbocycles. The van der Waals surface area contributed by atoms with Crippen molar-refractivity contribution in [2.45, 2.75) is 57.4 Å². The molecule has 0 radical (unpaired) electrons. The second kappa shape index (κ2) is 6.57. The lowest BCUT2D eigenvalue weighted by Crippen LogP contribution is -2.55. The lowest BCUT2D eigenvalue weighted by Gasteiger charge is -2.53. The number of fused-ring (bicyclic) bond motifs is 1. The molecule has 4 rings (SSSR count). The first-order valence-corrected chi connectivity index (χ1v) is 9.86. The van der Waals surface area contributed by atoms with E-state index in [-0.39, 0.29) is 0 Å². The molecular weight excluding hydrogens is 280 g/mol. The van der Waals surface area contributed by atoms with Crippen LogP contribution in [0.2, 0.25) is 0 Å². The molecule has 1 saturated carbocycles. The summed E-state index contributed by atoms with van der Waals surface area (Å²) in [7, 11) is 0. The fourth-order valence-electron chi connectivity index (χ4n) is 5.90. The van der Waals surface area contributed by atoms with Gasteiger partial charge in [-0.2, -0.15) is 0 Å². The summed E-state index contributed by atoms with van der Waals surface area (Å²) in [5.41, 5.74) is 3.76. The van der Waals surface area contributed by atoms with Gasteiger partial charge >= 0.3 is 0 Å². The molecule has 0 spiro atoms. The van der Waals surface area contributed by atoms with Gasteiger partial charge in [-0.25, -0.2) is 0 Å². The summed E-state index contributed by atoms with van der Waals surface area (Å²) in [5, 5.41) is 3.60. The van der Waals surface area contributed by atoms with E-state index in [0.29, 0.717) is 5.41 Å². The Bertz CT molecular complexity index is 528. The maximum atomic E-state index is 3.60. The predicted molar refractivity (Wildman–Crippen MR) is 96.6 cm³/mol. The monoisotopic (exact) mass is 312 g/mol. The summed E-state index contributed by atoms with van der Waals surface area (Å²) in [4.78, 5) is 2.72. The van der Waals surface area contributed by atoms with Crippen LogP contribution < -0.4 is 5.32 Å². The van der Waals surface area contributed by atoms with Crippen LogP contribution in [0.3, 0.4) is 0 Å². The van der Waals surface area contributed by atoms with Crippen LogP contribution in [0, 0.1) is 11.8 Å². The Morgan fingerprint density at radius 2 is 1.74 bits per heavy atom. The summed E-state index contributed by atoms with van der Waals surface area (Å²) in [6.45, 7) is 8.42. The van der Waals surface area contributed by atoms with Gasteiger partial charge in [-0.15, -0.1) is 0 Å². The van der Waals surface area contributed by atoms with Crippen molar-refractivity contribution in [3.05, 3.63) is 35.4 Å². The number of benzene rings is 1. The van der Waals surface area contributed by atoms with Gasteiger partial charge in [0.05, 0.1) is 0 Å². The summed E-state index contributed by atoms with van der Waals surface area (Å²) < 4.78 is 0. The highest BCUT2D eigenvalue weighted by Gasteiger charge is 2.50. The minimum absolute atomic E-state index is 0.420. The molecule has 1 saturated heterocycles. The molecule has 1 N–H and O–H groups in total. The molecule has 126 valence electrons. The number of hydrogen-bond acceptors (Lipinski definition) is 2. The molecule has 0 bridgehead atoms. The van der Waals surface area contributed by atoms with Crippen molar-refractivity contribution >= 4 is 0 Å². The standard InChI is InChI=1S/C21H32N2/c1-2-23-15-17-7-3-6-10-20(17)21(16-23,18-8-4-5-9-18)19-11-13-22-14-12-19/h3,6-7,10,18-19,22H,2,4-5,8-9,11-16H2,1H3. The van der Waals surface area contributed by atoms with E-state index in [1.165, 1.54) is 64.7 Å². The molecule has 0 amide bonds. The Balaban J connectivity index is 1.82. The predicted octanol–water partition coefficient (Wildman–Crippen LogP) is 3.95. The van der Waals surface area contributed by atoms with Gasteiger partial charge in [0.15, 0.2) is 0 Å². The SMILES string of the molecule is CCN1Cc2ccccc2C(C2CCCC2)(C2CCNCC2)C1. The van der Waals surface area contributed by atoms with E-state index in [1.54, 1.807) is 11.1 Å². The van der Waals surface area contributed by atoms with Crippen LogP contribution in [0.4, 0.5) is 0 Å². The Labute approximate surface area is 141 Å². The van der Waals surface area contributed by atoms with Crippen LogP contribution in [-0.4, -0.2) is 31.1 Å². The highest BCUT2D eigenvalue weighted by molar-refractivity contribution is 5.39. The smallest absolute Gasteiger partial charge is 0.0236 e. The van der Waals surface area contributed by atoms with Crippen LogP contribution >= 0.6 is 0 Å². The number of rotatable bonds is 3. The number of nitrogens with zero attached hydrogens (tertiary/aromatic N) is 1. The third-order valence-corrected chi connectivity index (χ3v) is 7.00. The van der Waals surface area contributed by atoms with Crippen LogP contribution in [0.15, 0.2) is 24.3 Å². The van der Waals surface area contributed by atoms with E-state index in [4.69, 9.17) is 0 Å². The lowest BCUT2D eigenvalue weighted by atomic mass is 9.57. The molecule has 1 atom stereocenters. The van der Waals surface area contributed by atoms with E-state index < -0.39 is 0 Å². The molecule has 2 heterocycles. The van der Waals surface area contributed by atoms with Crippen molar-refractivity contribution in [1.82, 2.24) is 10.2 Å². The van der Waals surface area contributed by atoms with E-state index in [2.05, 4.69) is 41.4 Å². The normalized spacial score (nSPS) is 30.5. The van der Waals surface area contributed by atoms with Gasteiger partial charge in [-0.05, 0) is 68.3 Å². The zero-order chi connectivity index (χ0) is 15.7. The fraction of sp³-hybridized carbons (Fsp3) is 0.714. The van der Waals surface area contributed by atoms with Crippen molar-refractivity contribution < 1.29 is 0 Å². The number of nitrogens with one attached hydrogen (secondary N) is 1. The third-order valence-electron chi connectivity index (χ3n) is 7.00. The van der Waals surface area contributed by atoms with Gasteiger partial charge in [-0.3, -0.25) is 4.90 Å². The quantitative estimate of drug-likeness (QED) is 0.909. The Morgan fingerprint density at radius 1 is 1.04 bits per heavy atom. The first-order chi connectivity index (χ1) is 11.3. The van der Waals surface area contributed by atoms with Crippen molar-refractivity contribution in [2.24, 2.45) is 11.8 Å². The molecule has 1 aromatic carbocycles. The molecule has 23 heavy (non-hydrogen) atoms. The van der Waals surface area contributed by atoms with Crippen molar-refractivity contribution in [2.75, 3.05) is 26.2 Å². The highest BCUT2D eigenvalue weighted by Crippen LogP contribution is 2.52. The zero-order valence-corrected chi connectivity index (χ0v) is 14.7. The van der Waals surface area contributed by atoms with Gasteiger partial charge < -0.3 is 5.32 Å². The van der Waals surface area contributed by atoms with Crippen LogP contribution in [0.1, 0.15) is 56.6 Å². The van der Waals surface area contributed by atoms with Gasteiger partial charge in [0.2, 0.25) is 0 Å². The zero-order valence-electron chi connectivity index (χ0n) is 14.7. The fourth-order valence-corrected chi connectivity index (χ4v) is 5.90. The molecule has 3 aliphatic rings. The van der Waals surface area contributed by atoms with Gasteiger partial charge in [0.1, 0.15) is 0 Å². The molecule has 1 unspecified atom stereocenters. The molecule has 0 aromatic heterocycles. The summed E-state index contributed by atoms with van der Waals surface area (Å²) in [6, 6.07) is 9.44. The minimum Gasteiger partial charge on any atom is -0.317 e. The van der Waals surface area contributed by atoms with Crippen molar-refractivity contribution in [3.8, 4) is 0 Å². The van der Waals surface area contributed by atoms with E-state index >= 15 is 0 Å². The Kier molecular flexibility index (Phi) is 4.47. The van der Waals surface area contributed by atoms with Crippen LogP contribution in [0.25, 0.3) is 0 Å². The summed E-state index contributed by atoms with van der Waals surface area (Å²) in [6.07, 6.45) is 8.54.